The Hall–Kier alpha value is -4.58. The van der Waals surface area contributed by atoms with E-state index in [1.54, 1.807) is 36.4 Å². The maximum absolute atomic E-state index is 13.3. The van der Waals surface area contributed by atoms with Gasteiger partial charge >= 0.3 is 0 Å². The van der Waals surface area contributed by atoms with Gasteiger partial charge in [0.05, 0.1) is 17.9 Å². The molecule has 0 radical (unpaired) electrons. The lowest BCUT2D eigenvalue weighted by molar-refractivity contribution is -0.117. The molecule has 0 saturated heterocycles. The number of furan rings is 1. The zero-order valence-electron chi connectivity index (χ0n) is 18.3. The number of aryl methyl sites for hydroxylation is 1. The molecule has 1 aliphatic rings. The third-order valence-electron chi connectivity index (χ3n) is 5.63. The van der Waals surface area contributed by atoms with Crippen LogP contribution in [0.5, 0.6) is 11.5 Å². The van der Waals surface area contributed by atoms with Crippen molar-refractivity contribution in [1.82, 2.24) is 0 Å². The van der Waals surface area contributed by atoms with Gasteiger partial charge in [-0.3, -0.25) is 14.5 Å². The van der Waals surface area contributed by atoms with Crippen LogP contribution >= 0.6 is 0 Å². The molecule has 2 heterocycles. The number of anilines is 1. The van der Waals surface area contributed by atoms with Crippen LogP contribution in [0.25, 0.3) is 0 Å². The smallest absolute Gasteiger partial charge is 0.294 e. The predicted molar refractivity (Wildman–Crippen MR) is 127 cm³/mol. The first-order valence-electron chi connectivity index (χ1n) is 10.8. The van der Waals surface area contributed by atoms with E-state index in [1.807, 2.05) is 55.5 Å². The number of benzene rings is 3. The molecule has 6 nitrogen and oxygen atoms in total. The molecule has 0 bridgehead atoms. The molecule has 1 aromatic heterocycles. The number of amides is 1. The SMILES string of the molecule is Cc1cccc(N2C(=O)C(O)=C(C(=O)c3ccco3)C2c2cccc(Oc3ccccc3)c2)c1. The molecule has 0 fully saturated rings. The number of para-hydroxylation sites is 1. The van der Waals surface area contributed by atoms with Gasteiger partial charge in [-0.15, -0.1) is 0 Å². The summed E-state index contributed by atoms with van der Waals surface area (Å²) >= 11 is 0. The van der Waals surface area contributed by atoms with Gasteiger partial charge in [-0.2, -0.15) is 0 Å². The highest BCUT2D eigenvalue weighted by atomic mass is 16.5. The number of nitrogens with zero attached hydrogens (tertiary/aromatic N) is 1. The molecule has 168 valence electrons. The number of hydrogen-bond donors (Lipinski definition) is 1. The number of carbonyl (C=O) groups excluding carboxylic acids is 2. The fourth-order valence-corrected chi connectivity index (χ4v) is 4.11. The van der Waals surface area contributed by atoms with Crippen molar-refractivity contribution in [3.8, 4) is 11.5 Å². The minimum absolute atomic E-state index is 0.0432. The van der Waals surface area contributed by atoms with Crippen molar-refractivity contribution < 1.29 is 23.8 Å². The molecule has 1 unspecified atom stereocenters. The minimum atomic E-state index is -0.869. The Labute approximate surface area is 196 Å². The normalized spacial score (nSPS) is 15.6. The molecule has 0 aliphatic carbocycles. The van der Waals surface area contributed by atoms with Crippen LogP contribution in [0.4, 0.5) is 5.69 Å². The quantitative estimate of drug-likeness (QED) is 0.355. The summed E-state index contributed by atoms with van der Waals surface area (Å²) in [6.45, 7) is 1.91. The van der Waals surface area contributed by atoms with Crippen molar-refractivity contribution >= 4 is 17.4 Å². The van der Waals surface area contributed by atoms with E-state index in [0.29, 0.717) is 22.7 Å². The van der Waals surface area contributed by atoms with Crippen LogP contribution in [0, 0.1) is 6.92 Å². The molecule has 3 aromatic carbocycles. The summed E-state index contributed by atoms with van der Waals surface area (Å²) in [6, 6.07) is 26.0. The van der Waals surface area contributed by atoms with Gasteiger partial charge in [0.2, 0.25) is 5.78 Å². The van der Waals surface area contributed by atoms with E-state index >= 15 is 0 Å². The molecule has 0 saturated carbocycles. The Kier molecular flexibility index (Phi) is 5.47. The van der Waals surface area contributed by atoms with Gasteiger partial charge in [0.1, 0.15) is 11.5 Å². The van der Waals surface area contributed by atoms with Crippen molar-refractivity contribution in [1.29, 1.82) is 0 Å². The highest BCUT2D eigenvalue weighted by Crippen LogP contribution is 2.43. The molecule has 5 rings (SSSR count). The van der Waals surface area contributed by atoms with Crippen molar-refractivity contribution in [2.75, 3.05) is 4.90 Å². The van der Waals surface area contributed by atoms with Gasteiger partial charge in [0.15, 0.2) is 11.5 Å². The lowest BCUT2D eigenvalue weighted by Gasteiger charge is -2.27. The Morgan fingerprint density at radius 3 is 2.41 bits per heavy atom. The lowest BCUT2D eigenvalue weighted by Crippen LogP contribution is -2.31. The Morgan fingerprint density at radius 2 is 1.68 bits per heavy atom. The largest absolute Gasteiger partial charge is 0.503 e. The summed E-state index contributed by atoms with van der Waals surface area (Å²) in [5, 5.41) is 10.9. The van der Waals surface area contributed by atoms with Crippen molar-refractivity contribution in [3.63, 3.8) is 0 Å². The highest BCUT2D eigenvalue weighted by molar-refractivity contribution is 6.20. The molecule has 1 atom stereocenters. The number of ketones is 1. The van der Waals surface area contributed by atoms with Crippen LogP contribution in [-0.2, 0) is 4.79 Å². The number of Topliss-reactive ketones (excluding diaryl/α,β-unsaturated/α-hetero) is 1. The second-order valence-corrected chi connectivity index (χ2v) is 7.97. The fraction of sp³-hybridized carbons (Fsp3) is 0.0714. The van der Waals surface area contributed by atoms with Crippen molar-refractivity contribution in [2.45, 2.75) is 13.0 Å². The number of carbonyl (C=O) groups is 2. The monoisotopic (exact) mass is 451 g/mol. The average molecular weight is 451 g/mol. The van der Waals surface area contributed by atoms with Gasteiger partial charge in [0.25, 0.3) is 5.91 Å². The summed E-state index contributed by atoms with van der Waals surface area (Å²) in [5.74, 6) is -0.561. The van der Waals surface area contributed by atoms with E-state index in [4.69, 9.17) is 9.15 Å². The maximum atomic E-state index is 13.3. The van der Waals surface area contributed by atoms with Gasteiger partial charge < -0.3 is 14.3 Å². The van der Waals surface area contributed by atoms with Crippen LogP contribution in [0.3, 0.4) is 0 Å². The maximum Gasteiger partial charge on any atom is 0.294 e. The lowest BCUT2D eigenvalue weighted by atomic mass is 9.94. The van der Waals surface area contributed by atoms with E-state index < -0.39 is 23.5 Å². The molecule has 0 spiro atoms. The first kappa shape index (κ1) is 21.3. The van der Waals surface area contributed by atoms with Gasteiger partial charge in [-0.25, -0.2) is 0 Å². The van der Waals surface area contributed by atoms with E-state index in [1.165, 1.54) is 17.2 Å². The Morgan fingerprint density at radius 1 is 0.912 bits per heavy atom. The number of aliphatic hydroxyl groups excluding tert-OH is 1. The second kappa shape index (κ2) is 8.75. The molecular weight excluding hydrogens is 430 g/mol. The highest BCUT2D eigenvalue weighted by Gasteiger charge is 2.45. The molecule has 34 heavy (non-hydrogen) atoms. The van der Waals surface area contributed by atoms with E-state index in [9.17, 15) is 14.7 Å². The fourth-order valence-electron chi connectivity index (χ4n) is 4.11. The number of hydrogen-bond acceptors (Lipinski definition) is 5. The van der Waals surface area contributed by atoms with Crippen molar-refractivity contribution in [3.05, 3.63) is 125 Å². The molecular formula is C28H21NO5. The Balaban J connectivity index is 1.62. The first-order valence-corrected chi connectivity index (χ1v) is 10.8. The topological polar surface area (TPSA) is 80.0 Å². The predicted octanol–water partition coefficient (Wildman–Crippen LogP) is 6.16. The van der Waals surface area contributed by atoms with Crippen LogP contribution < -0.4 is 9.64 Å². The van der Waals surface area contributed by atoms with Crippen LogP contribution in [-0.4, -0.2) is 16.8 Å². The summed E-state index contributed by atoms with van der Waals surface area (Å²) in [6.07, 6.45) is 1.38. The van der Waals surface area contributed by atoms with Gasteiger partial charge in [0, 0.05) is 5.69 Å². The summed E-state index contributed by atoms with van der Waals surface area (Å²) < 4.78 is 11.3. The van der Waals surface area contributed by atoms with E-state index in [0.717, 1.165) is 5.56 Å². The summed E-state index contributed by atoms with van der Waals surface area (Å²) in [4.78, 5) is 28.0. The average Bonchev–Trinajstić information content (AvgIpc) is 3.47. The zero-order chi connectivity index (χ0) is 23.7. The van der Waals surface area contributed by atoms with Gasteiger partial charge in [-0.1, -0.05) is 42.5 Å². The van der Waals surface area contributed by atoms with Crippen molar-refractivity contribution in [2.24, 2.45) is 0 Å². The molecule has 6 heteroatoms. The molecule has 1 aliphatic heterocycles. The third-order valence-corrected chi connectivity index (χ3v) is 5.63. The molecule has 4 aromatic rings. The number of rotatable bonds is 6. The number of ether oxygens (including phenoxy) is 1. The van der Waals surface area contributed by atoms with Crippen LogP contribution in [0.1, 0.15) is 27.7 Å². The third kappa shape index (κ3) is 3.86. The van der Waals surface area contributed by atoms with E-state index in [2.05, 4.69) is 0 Å². The number of aliphatic hydroxyl groups is 1. The summed E-state index contributed by atoms with van der Waals surface area (Å²) in [7, 11) is 0. The summed E-state index contributed by atoms with van der Waals surface area (Å²) in [5.41, 5.74) is 2.08. The Bertz CT molecular complexity index is 1390. The second-order valence-electron chi connectivity index (χ2n) is 7.97. The van der Waals surface area contributed by atoms with Crippen LogP contribution in [0.2, 0.25) is 0 Å². The van der Waals surface area contributed by atoms with Gasteiger partial charge in [-0.05, 0) is 66.6 Å². The van der Waals surface area contributed by atoms with E-state index in [-0.39, 0.29) is 11.3 Å². The van der Waals surface area contributed by atoms with Crippen LogP contribution in [0.15, 0.2) is 113 Å². The minimum Gasteiger partial charge on any atom is -0.503 e. The first-order chi connectivity index (χ1) is 16.5. The standard InChI is InChI=1S/C28H21NO5/c1-18-8-5-10-20(16-18)29-25(24(27(31)28(29)32)26(30)23-14-7-15-33-23)19-9-6-13-22(17-19)34-21-11-3-2-4-12-21/h2-17,25,31H,1H3. The molecule has 1 amide bonds. The zero-order valence-corrected chi connectivity index (χ0v) is 18.3. The molecule has 1 N–H and O–H groups in total.